The molecule has 1 aromatic carbocycles. The highest BCUT2D eigenvalue weighted by molar-refractivity contribution is 7.89. The van der Waals surface area contributed by atoms with Crippen LogP contribution in [-0.2, 0) is 14.8 Å². The smallest absolute Gasteiger partial charge is 0.243 e. The van der Waals surface area contributed by atoms with E-state index in [9.17, 15) is 13.2 Å². The van der Waals surface area contributed by atoms with Crippen molar-refractivity contribution in [2.75, 3.05) is 26.7 Å². The first kappa shape index (κ1) is 18.4. The molecule has 1 aromatic heterocycles. The summed E-state index contributed by atoms with van der Waals surface area (Å²) in [5.74, 6) is -0.208. The number of carbonyl (C=O) groups is 1. The molecule has 2 rings (SSSR count). The van der Waals surface area contributed by atoms with E-state index < -0.39 is 10.0 Å². The van der Waals surface area contributed by atoms with Crippen LogP contribution in [0.1, 0.15) is 19.4 Å². The van der Waals surface area contributed by atoms with Crippen LogP contribution in [0.15, 0.2) is 35.4 Å². The van der Waals surface area contributed by atoms with E-state index in [0.29, 0.717) is 24.0 Å². The molecule has 0 N–H and O–H groups in total. The van der Waals surface area contributed by atoms with Crippen molar-refractivity contribution in [2.24, 2.45) is 0 Å². The average Bonchev–Trinajstić information content (AvgIpc) is 2.56. The van der Waals surface area contributed by atoms with Crippen molar-refractivity contribution in [3.63, 3.8) is 0 Å². The summed E-state index contributed by atoms with van der Waals surface area (Å²) in [4.78, 5) is 18.3. The average molecular weight is 349 g/mol. The van der Waals surface area contributed by atoms with Gasteiger partial charge in [0.25, 0.3) is 0 Å². The van der Waals surface area contributed by atoms with E-state index in [2.05, 4.69) is 4.98 Å². The van der Waals surface area contributed by atoms with Gasteiger partial charge in [-0.05, 0) is 44.5 Å². The summed E-state index contributed by atoms with van der Waals surface area (Å²) in [7, 11) is -2.35. The molecule has 0 fully saturated rings. The highest BCUT2D eigenvalue weighted by Crippen LogP contribution is 2.26. The number of aryl methyl sites for hydroxylation is 1. The summed E-state index contributed by atoms with van der Waals surface area (Å²) in [6.07, 6.45) is 1.64. The van der Waals surface area contributed by atoms with Crippen LogP contribution in [0, 0.1) is 6.92 Å². The van der Waals surface area contributed by atoms with Gasteiger partial charge >= 0.3 is 0 Å². The number of amides is 1. The molecule has 0 spiro atoms. The molecule has 0 radical (unpaired) electrons. The number of likely N-dealkylation sites (N-methyl/N-ethyl adjacent to an activating group) is 2. The van der Waals surface area contributed by atoms with Crippen molar-refractivity contribution in [3.8, 4) is 0 Å². The van der Waals surface area contributed by atoms with Gasteiger partial charge in [-0.2, -0.15) is 4.31 Å². The molecular formula is C17H23N3O3S. The lowest BCUT2D eigenvalue weighted by Gasteiger charge is -2.23. The third-order valence-electron chi connectivity index (χ3n) is 4.09. The molecule has 1 heterocycles. The van der Waals surface area contributed by atoms with Gasteiger partial charge in [0.1, 0.15) is 0 Å². The van der Waals surface area contributed by atoms with Crippen molar-refractivity contribution >= 4 is 26.8 Å². The molecule has 2 aromatic rings. The van der Waals surface area contributed by atoms with E-state index >= 15 is 0 Å². The minimum atomic E-state index is -3.78. The minimum Gasteiger partial charge on any atom is -0.342 e. The Hall–Kier alpha value is -1.99. The van der Waals surface area contributed by atoms with Crippen molar-refractivity contribution in [1.82, 2.24) is 14.2 Å². The Kier molecular flexibility index (Phi) is 5.56. The quantitative estimate of drug-likeness (QED) is 0.800. The van der Waals surface area contributed by atoms with Crippen LogP contribution in [0.3, 0.4) is 0 Å². The Morgan fingerprint density at radius 2 is 1.83 bits per heavy atom. The van der Waals surface area contributed by atoms with E-state index in [1.165, 1.54) is 7.05 Å². The van der Waals surface area contributed by atoms with E-state index in [1.807, 2.05) is 20.8 Å². The number of hydrogen-bond acceptors (Lipinski definition) is 4. The van der Waals surface area contributed by atoms with Gasteiger partial charge in [-0.15, -0.1) is 0 Å². The second-order valence-corrected chi connectivity index (χ2v) is 7.62. The third kappa shape index (κ3) is 3.42. The van der Waals surface area contributed by atoms with Gasteiger partial charge in [-0.25, -0.2) is 8.42 Å². The van der Waals surface area contributed by atoms with Crippen molar-refractivity contribution in [2.45, 2.75) is 25.7 Å². The van der Waals surface area contributed by atoms with Gasteiger partial charge in [0.15, 0.2) is 0 Å². The molecule has 24 heavy (non-hydrogen) atoms. The molecule has 0 aliphatic rings. The van der Waals surface area contributed by atoms with Gasteiger partial charge in [0, 0.05) is 31.7 Å². The van der Waals surface area contributed by atoms with Gasteiger partial charge in [-0.1, -0.05) is 6.07 Å². The fraction of sp³-hybridized carbons (Fsp3) is 0.412. The van der Waals surface area contributed by atoms with E-state index in [1.54, 1.807) is 35.4 Å². The topological polar surface area (TPSA) is 70.6 Å². The second-order valence-electron chi connectivity index (χ2n) is 5.61. The maximum atomic E-state index is 12.9. The monoisotopic (exact) mass is 349 g/mol. The molecule has 1 amide bonds. The Labute approximate surface area is 143 Å². The Morgan fingerprint density at radius 1 is 1.17 bits per heavy atom. The fourth-order valence-corrected chi connectivity index (χ4v) is 3.93. The standard InChI is InChI=1S/C17H23N3O3S/c1-5-20(6-2)16(21)12-19(4)24(22,23)15-10-9-13(3)17-14(15)8-7-11-18-17/h7-11H,5-6,12H2,1-4H3. The first-order valence-corrected chi connectivity index (χ1v) is 9.35. The van der Waals surface area contributed by atoms with Gasteiger partial charge < -0.3 is 4.90 Å². The van der Waals surface area contributed by atoms with Crippen LogP contribution in [0.2, 0.25) is 0 Å². The largest absolute Gasteiger partial charge is 0.342 e. The maximum absolute atomic E-state index is 12.9. The Bertz CT molecular complexity index is 845. The molecule has 0 unspecified atom stereocenters. The number of benzene rings is 1. The van der Waals surface area contributed by atoms with E-state index in [-0.39, 0.29) is 17.3 Å². The molecule has 0 aliphatic carbocycles. The number of sulfonamides is 1. The number of rotatable bonds is 6. The zero-order chi connectivity index (χ0) is 17.9. The van der Waals surface area contributed by atoms with E-state index in [0.717, 1.165) is 9.87 Å². The van der Waals surface area contributed by atoms with Crippen LogP contribution in [-0.4, -0.2) is 55.2 Å². The number of carbonyl (C=O) groups excluding carboxylic acids is 1. The maximum Gasteiger partial charge on any atom is 0.243 e. The van der Waals surface area contributed by atoms with Gasteiger partial charge in [0.05, 0.1) is 17.0 Å². The minimum absolute atomic E-state index is 0.172. The SMILES string of the molecule is CCN(CC)C(=O)CN(C)S(=O)(=O)c1ccc(C)c2ncccc12. The lowest BCUT2D eigenvalue weighted by molar-refractivity contribution is -0.130. The predicted octanol–water partition coefficient (Wildman–Crippen LogP) is 2.03. The van der Waals surface area contributed by atoms with Crippen LogP contribution in [0.4, 0.5) is 0 Å². The first-order valence-electron chi connectivity index (χ1n) is 7.91. The van der Waals surface area contributed by atoms with Crippen LogP contribution < -0.4 is 0 Å². The van der Waals surface area contributed by atoms with E-state index in [4.69, 9.17) is 0 Å². The first-order chi connectivity index (χ1) is 11.3. The molecule has 0 bridgehead atoms. The molecule has 0 saturated carbocycles. The molecular weight excluding hydrogens is 326 g/mol. The molecule has 0 atom stereocenters. The number of fused-ring (bicyclic) bond motifs is 1. The molecule has 0 aliphatic heterocycles. The highest BCUT2D eigenvalue weighted by atomic mass is 32.2. The van der Waals surface area contributed by atoms with Crippen molar-refractivity contribution < 1.29 is 13.2 Å². The summed E-state index contributed by atoms with van der Waals surface area (Å²) in [5.41, 5.74) is 1.56. The van der Waals surface area contributed by atoms with Crippen molar-refractivity contribution in [1.29, 1.82) is 0 Å². The van der Waals surface area contributed by atoms with Crippen LogP contribution >= 0.6 is 0 Å². The molecule has 130 valence electrons. The van der Waals surface area contributed by atoms with Crippen LogP contribution in [0.25, 0.3) is 10.9 Å². The van der Waals surface area contributed by atoms with Gasteiger partial charge in [-0.3, -0.25) is 9.78 Å². The second kappa shape index (κ2) is 7.27. The summed E-state index contributed by atoms with van der Waals surface area (Å²) >= 11 is 0. The van der Waals surface area contributed by atoms with Crippen molar-refractivity contribution in [3.05, 3.63) is 36.0 Å². The normalized spacial score (nSPS) is 11.9. The molecule has 6 nitrogen and oxygen atoms in total. The van der Waals surface area contributed by atoms with Crippen LogP contribution in [0.5, 0.6) is 0 Å². The number of nitrogens with zero attached hydrogens (tertiary/aromatic N) is 3. The highest BCUT2D eigenvalue weighted by Gasteiger charge is 2.26. The zero-order valence-corrected chi connectivity index (χ0v) is 15.3. The summed E-state index contributed by atoms with van der Waals surface area (Å²) in [6, 6.07) is 6.76. The third-order valence-corrected chi connectivity index (χ3v) is 5.96. The fourth-order valence-electron chi connectivity index (χ4n) is 2.63. The lowest BCUT2D eigenvalue weighted by atomic mass is 10.1. The molecule has 7 heteroatoms. The molecule has 0 saturated heterocycles. The lowest BCUT2D eigenvalue weighted by Crippen LogP contribution is -2.41. The Balaban J connectivity index is 2.41. The summed E-state index contributed by atoms with van der Waals surface area (Å²) in [5, 5.41) is 0.569. The summed E-state index contributed by atoms with van der Waals surface area (Å²) < 4.78 is 26.9. The Morgan fingerprint density at radius 3 is 2.46 bits per heavy atom. The number of pyridine rings is 1. The summed E-state index contributed by atoms with van der Waals surface area (Å²) in [6.45, 7) is 6.56. The number of hydrogen-bond donors (Lipinski definition) is 0. The van der Waals surface area contributed by atoms with Gasteiger partial charge in [0.2, 0.25) is 15.9 Å². The predicted molar refractivity (Wildman–Crippen MR) is 94.2 cm³/mol. The zero-order valence-electron chi connectivity index (χ0n) is 14.5. The number of aromatic nitrogens is 1.